The van der Waals surface area contributed by atoms with Gasteiger partial charge in [-0.1, -0.05) is 6.42 Å². The first-order valence-electron chi connectivity index (χ1n) is 6.95. The van der Waals surface area contributed by atoms with Crippen LogP contribution in [0.5, 0.6) is 0 Å². The Bertz CT molecular complexity index is 458. The smallest absolute Gasteiger partial charge is 0.220 e. The number of rotatable bonds is 5. The number of carbonyl (C=O) groups is 1. The van der Waals surface area contributed by atoms with Crippen LogP contribution in [0.1, 0.15) is 49.7 Å². The van der Waals surface area contributed by atoms with Crippen LogP contribution in [0.15, 0.2) is 10.5 Å². The van der Waals surface area contributed by atoms with Gasteiger partial charge in [-0.05, 0) is 45.6 Å². The van der Waals surface area contributed by atoms with Crippen LogP contribution in [-0.2, 0) is 10.4 Å². The van der Waals surface area contributed by atoms with Gasteiger partial charge in [0.1, 0.15) is 17.1 Å². The van der Waals surface area contributed by atoms with Gasteiger partial charge < -0.3 is 14.8 Å². The number of carbonyl (C=O) groups excluding carboxylic acids is 1. The highest BCUT2D eigenvalue weighted by molar-refractivity contribution is 5.76. The normalized spacial score (nSPS) is 18.7. The van der Waals surface area contributed by atoms with Crippen molar-refractivity contribution in [1.82, 2.24) is 5.32 Å². The summed E-state index contributed by atoms with van der Waals surface area (Å²) < 4.78 is 5.43. The molecule has 0 aromatic carbocycles. The Morgan fingerprint density at radius 1 is 1.53 bits per heavy atom. The van der Waals surface area contributed by atoms with Crippen LogP contribution in [0.2, 0.25) is 0 Å². The highest BCUT2D eigenvalue weighted by atomic mass is 16.3. The summed E-state index contributed by atoms with van der Waals surface area (Å²) in [7, 11) is 0. The highest BCUT2D eigenvalue weighted by Crippen LogP contribution is 2.29. The molecule has 1 amide bonds. The monoisotopic (exact) mass is 265 g/mol. The summed E-state index contributed by atoms with van der Waals surface area (Å²) in [6.07, 6.45) is 4.14. The molecule has 0 radical (unpaired) electrons. The number of furan rings is 1. The molecule has 2 rings (SSSR count). The Balaban J connectivity index is 1.89. The molecule has 0 bridgehead atoms. The Morgan fingerprint density at radius 2 is 2.21 bits per heavy atom. The predicted molar refractivity (Wildman–Crippen MR) is 72.7 cm³/mol. The van der Waals surface area contributed by atoms with Gasteiger partial charge >= 0.3 is 0 Å². The molecular formula is C15H23NO3. The Labute approximate surface area is 114 Å². The van der Waals surface area contributed by atoms with Crippen LogP contribution in [0.4, 0.5) is 0 Å². The predicted octanol–water partition coefficient (Wildman–Crippen LogP) is 2.41. The quantitative estimate of drug-likeness (QED) is 0.859. The lowest BCUT2D eigenvalue weighted by molar-refractivity contribution is -0.123. The zero-order chi connectivity index (χ0) is 14.0. The standard InChI is InChI=1S/C15H23NO3/c1-10-7-13(11(2)19-10)15(3,18)9-16-14(17)8-12-5-4-6-12/h7,12,18H,4-6,8-9H2,1-3H3,(H,16,17). The second-order valence-corrected chi connectivity index (χ2v) is 5.88. The summed E-state index contributed by atoms with van der Waals surface area (Å²) in [5.41, 5.74) is -0.342. The SMILES string of the molecule is Cc1cc(C(C)(O)CNC(=O)CC2CCC2)c(C)o1. The van der Waals surface area contributed by atoms with E-state index in [1.807, 2.05) is 19.9 Å². The van der Waals surface area contributed by atoms with E-state index >= 15 is 0 Å². The van der Waals surface area contributed by atoms with Crippen molar-refractivity contribution < 1.29 is 14.3 Å². The fourth-order valence-corrected chi connectivity index (χ4v) is 2.56. The summed E-state index contributed by atoms with van der Waals surface area (Å²) >= 11 is 0. The molecule has 1 atom stereocenters. The number of hydrogen-bond donors (Lipinski definition) is 2. The van der Waals surface area contributed by atoms with Gasteiger partial charge in [-0.15, -0.1) is 0 Å². The maximum atomic E-state index is 11.8. The van der Waals surface area contributed by atoms with Crippen molar-refractivity contribution in [2.45, 2.75) is 52.1 Å². The van der Waals surface area contributed by atoms with Crippen molar-refractivity contribution in [1.29, 1.82) is 0 Å². The summed E-state index contributed by atoms with van der Waals surface area (Å²) in [6.45, 7) is 5.60. The van der Waals surface area contributed by atoms with Gasteiger partial charge in [0.2, 0.25) is 5.91 Å². The molecule has 1 heterocycles. The van der Waals surface area contributed by atoms with Crippen molar-refractivity contribution in [2.75, 3.05) is 6.54 Å². The lowest BCUT2D eigenvalue weighted by atomic mass is 9.83. The molecule has 1 fully saturated rings. The van der Waals surface area contributed by atoms with E-state index in [1.165, 1.54) is 6.42 Å². The molecule has 4 nitrogen and oxygen atoms in total. The summed E-state index contributed by atoms with van der Waals surface area (Å²) in [5.74, 6) is 2.05. The largest absolute Gasteiger partial charge is 0.466 e. The molecule has 1 aromatic heterocycles. The van der Waals surface area contributed by atoms with Crippen LogP contribution in [0, 0.1) is 19.8 Å². The van der Waals surface area contributed by atoms with Gasteiger partial charge in [0.25, 0.3) is 0 Å². The van der Waals surface area contributed by atoms with Crippen LogP contribution < -0.4 is 5.32 Å². The molecule has 1 unspecified atom stereocenters. The minimum atomic E-state index is -1.09. The summed E-state index contributed by atoms with van der Waals surface area (Å²) in [4.78, 5) is 11.8. The van der Waals surface area contributed by atoms with Crippen LogP contribution in [-0.4, -0.2) is 17.6 Å². The first-order chi connectivity index (χ1) is 8.88. The van der Waals surface area contributed by atoms with Gasteiger partial charge in [0, 0.05) is 12.0 Å². The molecule has 4 heteroatoms. The van der Waals surface area contributed by atoms with Crippen molar-refractivity contribution >= 4 is 5.91 Å². The Morgan fingerprint density at radius 3 is 2.68 bits per heavy atom. The Kier molecular flexibility index (Phi) is 3.99. The van der Waals surface area contributed by atoms with E-state index in [-0.39, 0.29) is 12.5 Å². The first kappa shape index (κ1) is 14.1. The molecule has 0 aliphatic heterocycles. The average Bonchev–Trinajstić information content (AvgIpc) is 2.61. The first-order valence-corrected chi connectivity index (χ1v) is 6.95. The molecule has 0 saturated heterocycles. The van der Waals surface area contributed by atoms with E-state index in [1.54, 1.807) is 6.92 Å². The lowest BCUT2D eigenvalue weighted by Gasteiger charge is -2.26. The average molecular weight is 265 g/mol. The second-order valence-electron chi connectivity index (χ2n) is 5.88. The minimum Gasteiger partial charge on any atom is -0.466 e. The number of amides is 1. The fraction of sp³-hybridized carbons (Fsp3) is 0.667. The van der Waals surface area contributed by atoms with Gasteiger partial charge in [0.05, 0.1) is 6.54 Å². The third-order valence-corrected chi connectivity index (χ3v) is 3.95. The summed E-state index contributed by atoms with van der Waals surface area (Å²) in [5, 5.41) is 13.3. The zero-order valence-corrected chi connectivity index (χ0v) is 12.0. The van der Waals surface area contributed by atoms with Gasteiger partial charge in [-0.25, -0.2) is 0 Å². The molecule has 1 aliphatic carbocycles. The van der Waals surface area contributed by atoms with E-state index in [9.17, 15) is 9.90 Å². The second kappa shape index (κ2) is 5.37. The number of hydrogen-bond acceptors (Lipinski definition) is 3. The molecule has 0 spiro atoms. The van der Waals surface area contributed by atoms with Crippen LogP contribution in [0.25, 0.3) is 0 Å². The van der Waals surface area contributed by atoms with Crippen molar-refractivity contribution in [3.05, 3.63) is 23.2 Å². The topological polar surface area (TPSA) is 62.5 Å². The molecule has 1 aromatic rings. The lowest BCUT2D eigenvalue weighted by Crippen LogP contribution is -2.39. The van der Waals surface area contributed by atoms with E-state index in [2.05, 4.69) is 5.32 Å². The van der Waals surface area contributed by atoms with Crippen LogP contribution in [0.3, 0.4) is 0 Å². The molecule has 19 heavy (non-hydrogen) atoms. The van der Waals surface area contributed by atoms with Gasteiger partial charge in [-0.3, -0.25) is 4.79 Å². The Hall–Kier alpha value is -1.29. The van der Waals surface area contributed by atoms with E-state index in [0.717, 1.165) is 24.2 Å². The van der Waals surface area contributed by atoms with Crippen LogP contribution >= 0.6 is 0 Å². The fourth-order valence-electron chi connectivity index (χ4n) is 2.56. The van der Waals surface area contributed by atoms with E-state index in [0.29, 0.717) is 18.1 Å². The maximum Gasteiger partial charge on any atom is 0.220 e. The molecule has 1 aliphatic rings. The highest BCUT2D eigenvalue weighted by Gasteiger charge is 2.29. The third kappa shape index (κ3) is 3.38. The van der Waals surface area contributed by atoms with E-state index < -0.39 is 5.60 Å². The van der Waals surface area contributed by atoms with Gasteiger partial charge in [0.15, 0.2) is 0 Å². The maximum absolute atomic E-state index is 11.8. The molecule has 2 N–H and O–H groups in total. The summed E-state index contributed by atoms with van der Waals surface area (Å²) in [6, 6.07) is 1.83. The van der Waals surface area contributed by atoms with Crippen molar-refractivity contribution in [2.24, 2.45) is 5.92 Å². The molecular weight excluding hydrogens is 242 g/mol. The van der Waals surface area contributed by atoms with E-state index in [4.69, 9.17) is 4.42 Å². The zero-order valence-electron chi connectivity index (χ0n) is 12.0. The molecule has 106 valence electrons. The number of aryl methyl sites for hydroxylation is 2. The minimum absolute atomic E-state index is 0.0304. The number of nitrogens with one attached hydrogen (secondary N) is 1. The van der Waals surface area contributed by atoms with Gasteiger partial charge in [-0.2, -0.15) is 0 Å². The molecule has 1 saturated carbocycles. The van der Waals surface area contributed by atoms with Crippen molar-refractivity contribution in [3.63, 3.8) is 0 Å². The number of aliphatic hydroxyl groups is 1. The third-order valence-electron chi connectivity index (χ3n) is 3.95. The van der Waals surface area contributed by atoms with Crippen molar-refractivity contribution in [3.8, 4) is 0 Å².